The summed E-state index contributed by atoms with van der Waals surface area (Å²) >= 11 is 5.89. The molecule has 0 bridgehead atoms. The first-order valence-electron chi connectivity index (χ1n) is 6.23. The predicted octanol–water partition coefficient (Wildman–Crippen LogP) is 2.63. The topological polar surface area (TPSA) is 29.5 Å². The van der Waals surface area contributed by atoms with E-state index in [-0.39, 0.29) is 5.78 Å². The zero-order valence-electron chi connectivity index (χ0n) is 10.6. The Labute approximate surface area is 113 Å². The minimum absolute atomic E-state index is 0.117. The van der Waals surface area contributed by atoms with Gasteiger partial charge < -0.3 is 4.74 Å². The van der Waals surface area contributed by atoms with Gasteiger partial charge in [-0.25, -0.2) is 0 Å². The summed E-state index contributed by atoms with van der Waals surface area (Å²) in [7, 11) is 2.00. The monoisotopic (exact) mass is 267 g/mol. The van der Waals surface area contributed by atoms with E-state index in [0.29, 0.717) is 23.2 Å². The van der Waals surface area contributed by atoms with Crippen LogP contribution in [0.15, 0.2) is 24.3 Å². The maximum Gasteiger partial charge on any atom is 0.176 e. The highest BCUT2D eigenvalue weighted by molar-refractivity contribution is 6.31. The van der Waals surface area contributed by atoms with Crippen molar-refractivity contribution in [1.29, 1.82) is 0 Å². The molecule has 1 fully saturated rings. The Morgan fingerprint density at radius 1 is 1.44 bits per heavy atom. The molecular formula is C14H18ClNO2. The van der Waals surface area contributed by atoms with Gasteiger partial charge in [-0.3, -0.25) is 9.69 Å². The third-order valence-corrected chi connectivity index (χ3v) is 3.59. The summed E-state index contributed by atoms with van der Waals surface area (Å²) in [5, 5.41) is 0.606. The van der Waals surface area contributed by atoms with Crippen molar-refractivity contribution in [3.05, 3.63) is 34.9 Å². The number of Topliss-reactive ketones (excluding diaryl/α,β-unsaturated/α-hetero) is 1. The van der Waals surface area contributed by atoms with Crippen molar-refractivity contribution >= 4 is 17.4 Å². The van der Waals surface area contributed by atoms with E-state index in [4.69, 9.17) is 16.3 Å². The Morgan fingerprint density at radius 3 is 2.83 bits per heavy atom. The van der Waals surface area contributed by atoms with Gasteiger partial charge >= 0.3 is 0 Å². The standard InChI is InChI=1S/C14H18ClNO2/c1-16(13-5-7-18-8-6-13)10-14(17)11-3-2-4-12(15)9-11/h2-4,9,13H,5-8,10H2,1H3. The average Bonchev–Trinajstić information content (AvgIpc) is 2.39. The zero-order valence-corrected chi connectivity index (χ0v) is 11.3. The number of ether oxygens (including phenoxy) is 1. The fourth-order valence-corrected chi connectivity index (χ4v) is 2.43. The minimum Gasteiger partial charge on any atom is -0.381 e. The van der Waals surface area contributed by atoms with Crippen LogP contribution in [0.5, 0.6) is 0 Å². The van der Waals surface area contributed by atoms with Crippen LogP contribution in [0.25, 0.3) is 0 Å². The molecule has 0 saturated carbocycles. The molecule has 1 aromatic carbocycles. The lowest BCUT2D eigenvalue weighted by atomic mass is 10.1. The summed E-state index contributed by atoms with van der Waals surface area (Å²) in [5.41, 5.74) is 0.682. The van der Waals surface area contributed by atoms with Gasteiger partial charge in [0.2, 0.25) is 0 Å². The molecule has 1 heterocycles. The van der Waals surface area contributed by atoms with Crippen LogP contribution in [0, 0.1) is 0 Å². The number of rotatable bonds is 4. The van der Waals surface area contributed by atoms with Crippen LogP contribution in [-0.4, -0.2) is 43.5 Å². The van der Waals surface area contributed by atoms with Crippen LogP contribution in [0.1, 0.15) is 23.2 Å². The van der Waals surface area contributed by atoms with Gasteiger partial charge in [-0.05, 0) is 32.0 Å². The van der Waals surface area contributed by atoms with Crippen molar-refractivity contribution < 1.29 is 9.53 Å². The first-order chi connectivity index (χ1) is 8.66. The molecule has 0 atom stereocenters. The number of hydrogen-bond donors (Lipinski definition) is 0. The number of hydrogen-bond acceptors (Lipinski definition) is 3. The Hall–Kier alpha value is -0.900. The van der Waals surface area contributed by atoms with Gasteiger partial charge in [0.15, 0.2) is 5.78 Å². The number of carbonyl (C=O) groups excluding carboxylic acids is 1. The van der Waals surface area contributed by atoms with Gasteiger partial charge in [0.05, 0.1) is 6.54 Å². The van der Waals surface area contributed by atoms with E-state index in [0.717, 1.165) is 26.1 Å². The molecule has 3 nitrogen and oxygen atoms in total. The van der Waals surface area contributed by atoms with Crippen LogP contribution in [0.4, 0.5) is 0 Å². The molecule has 0 aliphatic carbocycles. The molecular weight excluding hydrogens is 250 g/mol. The number of benzene rings is 1. The zero-order chi connectivity index (χ0) is 13.0. The van der Waals surface area contributed by atoms with Crippen molar-refractivity contribution in [2.75, 3.05) is 26.8 Å². The molecule has 0 aromatic heterocycles. The Kier molecular flexibility index (Phi) is 4.75. The molecule has 18 heavy (non-hydrogen) atoms. The number of ketones is 1. The molecule has 98 valence electrons. The molecule has 4 heteroatoms. The summed E-state index contributed by atoms with van der Waals surface area (Å²) in [6.07, 6.45) is 2.00. The normalized spacial score (nSPS) is 17.1. The molecule has 0 N–H and O–H groups in total. The van der Waals surface area contributed by atoms with Crippen molar-refractivity contribution in [2.45, 2.75) is 18.9 Å². The van der Waals surface area contributed by atoms with Crippen LogP contribution in [0.3, 0.4) is 0 Å². The largest absolute Gasteiger partial charge is 0.381 e. The number of nitrogens with zero attached hydrogens (tertiary/aromatic N) is 1. The summed E-state index contributed by atoms with van der Waals surface area (Å²) in [5.74, 6) is 0.117. The van der Waals surface area contributed by atoms with Crippen molar-refractivity contribution in [1.82, 2.24) is 4.90 Å². The van der Waals surface area contributed by atoms with Gasteiger partial charge in [-0.2, -0.15) is 0 Å². The SMILES string of the molecule is CN(CC(=O)c1cccc(Cl)c1)C1CCOCC1. The maximum absolute atomic E-state index is 12.1. The molecule has 2 rings (SSSR count). The van der Waals surface area contributed by atoms with Crippen LogP contribution in [-0.2, 0) is 4.74 Å². The van der Waals surface area contributed by atoms with Crippen molar-refractivity contribution in [3.8, 4) is 0 Å². The molecule has 0 radical (unpaired) electrons. The Morgan fingerprint density at radius 2 is 2.17 bits per heavy atom. The molecule has 0 amide bonds. The average molecular weight is 268 g/mol. The fourth-order valence-electron chi connectivity index (χ4n) is 2.23. The summed E-state index contributed by atoms with van der Waals surface area (Å²) in [6.45, 7) is 2.02. The third kappa shape index (κ3) is 3.55. The molecule has 1 saturated heterocycles. The van der Waals surface area contributed by atoms with E-state index < -0.39 is 0 Å². The van der Waals surface area contributed by atoms with Gasteiger partial charge in [-0.1, -0.05) is 23.7 Å². The number of carbonyl (C=O) groups is 1. The maximum atomic E-state index is 12.1. The highest BCUT2D eigenvalue weighted by Crippen LogP contribution is 2.15. The van der Waals surface area contributed by atoms with Gasteiger partial charge in [-0.15, -0.1) is 0 Å². The lowest BCUT2D eigenvalue weighted by Gasteiger charge is -2.30. The van der Waals surface area contributed by atoms with E-state index >= 15 is 0 Å². The van der Waals surface area contributed by atoms with E-state index in [9.17, 15) is 4.79 Å². The Balaban J connectivity index is 1.94. The predicted molar refractivity (Wildman–Crippen MR) is 72.3 cm³/mol. The first kappa shape index (κ1) is 13.5. The number of likely N-dealkylation sites (N-methyl/N-ethyl adjacent to an activating group) is 1. The summed E-state index contributed by atoms with van der Waals surface area (Å²) < 4.78 is 5.33. The summed E-state index contributed by atoms with van der Waals surface area (Å²) in [4.78, 5) is 14.2. The molecule has 1 aromatic rings. The minimum atomic E-state index is 0.117. The van der Waals surface area contributed by atoms with Crippen LogP contribution < -0.4 is 0 Å². The lowest BCUT2D eigenvalue weighted by molar-refractivity contribution is 0.0418. The van der Waals surface area contributed by atoms with E-state index in [2.05, 4.69) is 4.90 Å². The second kappa shape index (κ2) is 6.32. The molecule has 0 unspecified atom stereocenters. The second-order valence-corrected chi connectivity index (χ2v) is 5.13. The quantitative estimate of drug-likeness (QED) is 0.786. The molecule has 1 aliphatic heterocycles. The number of halogens is 1. The van der Waals surface area contributed by atoms with Crippen molar-refractivity contribution in [2.24, 2.45) is 0 Å². The second-order valence-electron chi connectivity index (χ2n) is 4.69. The lowest BCUT2D eigenvalue weighted by Crippen LogP contribution is -2.39. The molecule has 1 aliphatic rings. The fraction of sp³-hybridized carbons (Fsp3) is 0.500. The van der Waals surface area contributed by atoms with Crippen LogP contribution in [0.2, 0.25) is 5.02 Å². The first-order valence-corrected chi connectivity index (χ1v) is 6.61. The highest BCUT2D eigenvalue weighted by atomic mass is 35.5. The molecule has 0 spiro atoms. The third-order valence-electron chi connectivity index (χ3n) is 3.35. The Bertz CT molecular complexity index is 416. The highest BCUT2D eigenvalue weighted by Gasteiger charge is 2.20. The van der Waals surface area contributed by atoms with E-state index in [1.165, 1.54) is 0 Å². The van der Waals surface area contributed by atoms with Gasteiger partial charge in [0.25, 0.3) is 0 Å². The van der Waals surface area contributed by atoms with Gasteiger partial charge in [0, 0.05) is 29.8 Å². The van der Waals surface area contributed by atoms with E-state index in [1.54, 1.807) is 12.1 Å². The van der Waals surface area contributed by atoms with Crippen LogP contribution >= 0.6 is 11.6 Å². The smallest absolute Gasteiger partial charge is 0.176 e. The summed E-state index contributed by atoms with van der Waals surface area (Å²) in [6, 6.07) is 7.57. The van der Waals surface area contributed by atoms with Gasteiger partial charge in [0.1, 0.15) is 0 Å². The van der Waals surface area contributed by atoms with Crippen molar-refractivity contribution in [3.63, 3.8) is 0 Å². The van der Waals surface area contributed by atoms with E-state index in [1.807, 2.05) is 19.2 Å².